The van der Waals surface area contributed by atoms with Crippen LogP contribution in [0.25, 0.3) is 0 Å². The van der Waals surface area contributed by atoms with Crippen molar-refractivity contribution in [2.45, 2.75) is 38.8 Å². The summed E-state index contributed by atoms with van der Waals surface area (Å²) in [5, 5.41) is 20.8. The van der Waals surface area contributed by atoms with Crippen LogP contribution in [0.5, 0.6) is 0 Å². The quantitative estimate of drug-likeness (QED) is 0.549. The van der Waals surface area contributed by atoms with Gasteiger partial charge in [0, 0.05) is 25.2 Å². The number of aliphatic hydroxyl groups excluding tert-OH is 2. The van der Waals surface area contributed by atoms with E-state index in [-0.39, 0.29) is 19.6 Å². The van der Waals surface area contributed by atoms with Gasteiger partial charge in [0.05, 0.1) is 20.3 Å². The van der Waals surface area contributed by atoms with Crippen LogP contribution in [-0.2, 0) is 20.7 Å². The number of carbonyl (C=O) groups is 2. The van der Waals surface area contributed by atoms with E-state index < -0.39 is 23.7 Å². The first kappa shape index (κ1) is 22.7. The second-order valence-corrected chi connectivity index (χ2v) is 7.03. The number of aliphatic hydroxyl groups is 2. The fourth-order valence-electron chi connectivity index (χ4n) is 2.48. The Balaban J connectivity index is 2.83. The van der Waals surface area contributed by atoms with E-state index in [2.05, 4.69) is 5.32 Å². The minimum Gasteiger partial charge on any atom is -0.467 e. The highest BCUT2D eigenvalue weighted by Gasteiger charge is 2.25. The van der Waals surface area contributed by atoms with E-state index in [1.165, 1.54) is 7.11 Å². The SMILES string of the molecule is COC(=O)[C@@H](Cc1ccc(N(CCO)CCO)cc1)NC(=O)OC(C)(C)C. The molecule has 1 aromatic carbocycles. The minimum atomic E-state index is -0.873. The highest BCUT2D eigenvalue weighted by Crippen LogP contribution is 2.16. The van der Waals surface area contributed by atoms with Crippen molar-refractivity contribution < 1.29 is 29.3 Å². The van der Waals surface area contributed by atoms with E-state index in [4.69, 9.17) is 19.7 Å². The lowest BCUT2D eigenvalue weighted by Crippen LogP contribution is -2.45. The summed E-state index contributed by atoms with van der Waals surface area (Å²) in [4.78, 5) is 25.8. The summed E-state index contributed by atoms with van der Waals surface area (Å²) in [6.45, 7) is 5.99. The number of anilines is 1. The fourth-order valence-corrected chi connectivity index (χ4v) is 2.48. The minimum absolute atomic E-state index is 0.0219. The number of nitrogens with one attached hydrogen (secondary N) is 1. The topological polar surface area (TPSA) is 108 Å². The van der Waals surface area contributed by atoms with Crippen LogP contribution in [0.1, 0.15) is 26.3 Å². The van der Waals surface area contributed by atoms with Gasteiger partial charge in [0.1, 0.15) is 11.6 Å². The first-order chi connectivity index (χ1) is 12.7. The molecular formula is C19H30N2O6. The summed E-state index contributed by atoms with van der Waals surface area (Å²) in [6, 6.07) is 6.44. The number of alkyl carbamates (subject to hydrolysis) is 1. The number of esters is 1. The van der Waals surface area contributed by atoms with E-state index in [1.54, 1.807) is 20.8 Å². The second kappa shape index (κ2) is 10.7. The van der Waals surface area contributed by atoms with Crippen molar-refractivity contribution in [3.63, 3.8) is 0 Å². The van der Waals surface area contributed by atoms with Crippen molar-refractivity contribution in [3.8, 4) is 0 Å². The summed E-state index contributed by atoms with van der Waals surface area (Å²) in [7, 11) is 1.26. The lowest BCUT2D eigenvalue weighted by molar-refractivity contribution is -0.143. The zero-order valence-corrected chi connectivity index (χ0v) is 16.4. The Bertz CT molecular complexity index is 591. The molecule has 0 saturated heterocycles. The Labute approximate surface area is 160 Å². The molecule has 0 fully saturated rings. The number of benzene rings is 1. The number of methoxy groups -OCH3 is 1. The van der Waals surface area contributed by atoms with Crippen LogP contribution in [-0.4, -0.2) is 67.3 Å². The Kier molecular flexibility index (Phi) is 9.04. The zero-order chi connectivity index (χ0) is 20.4. The molecule has 1 atom stereocenters. The van der Waals surface area contributed by atoms with Gasteiger partial charge in [-0.15, -0.1) is 0 Å². The number of amides is 1. The van der Waals surface area contributed by atoms with Crippen LogP contribution >= 0.6 is 0 Å². The number of hydrogen-bond donors (Lipinski definition) is 3. The van der Waals surface area contributed by atoms with Gasteiger partial charge in [-0.1, -0.05) is 12.1 Å². The van der Waals surface area contributed by atoms with Crippen LogP contribution in [0.2, 0.25) is 0 Å². The number of hydrogen-bond acceptors (Lipinski definition) is 7. The number of rotatable bonds is 9. The second-order valence-electron chi connectivity index (χ2n) is 7.03. The first-order valence-electron chi connectivity index (χ1n) is 8.83. The molecule has 0 bridgehead atoms. The molecule has 0 saturated carbocycles. The van der Waals surface area contributed by atoms with Gasteiger partial charge in [0.2, 0.25) is 0 Å². The predicted octanol–water partition coefficient (Wildman–Crippen LogP) is 1.09. The Hall–Kier alpha value is -2.32. The summed E-state index contributed by atoms with van der Waals surface area (Å²) >= 11 is 0. The molecule has 0 aromatic heterocycles. The maximum Gasteiger partial charge on any atom is 0.408 e. The van der Waals surface area contributed by atoms with Crippen LogP contribution in [0.15, 0.2) is 24.3 Å². The average molecular weight is 382 g/mol. The highest BCUT2D eigenvalue weighted by atomic mass is 16.6. The monoisotopic (exact) mass is 382 g/mol. The van der Waals surface area contributed by atoms with Gasteiger partial charge in [-0.2, -0.15) is 0 Å². The maximum atomic E-state index is 12.0. The van der Waals surface area contributed by atoms with Gasteiger partial charge >= 0.3 is 12.1 Å². The molecule has 0 aliphatic carbocycles. The van der Waals surface area contributed by atoms with Gasteiger partial charge in [0.25, 0.3) is 0 Å². The lowest BCUT2D eigenvalue weighted by atomic mass is 10.1. The van der Waals surface area contributed by atoms with Gasteiger partial charge in [-0.05, 0) is 38.5 Å². The molecule has 1 rings (SSSR count). The standard InChI is InChI=1S/C19H30N2O6/c1-19(2,3)27-18(25)20-16(17(24)26-4)13-14-5-7-15(8-6-14)21(9-11-22)10-12-23/h5-8,16,22-23H,9-13H2,1-4H3,(H,20,25)/t16-/m1/s1. The van der Waals surface area contributed by atoms with Crippen molar-refractivity contribution in [2.75, 3.05) is 38.3 Å². The van der Waals surface area contributed by atoms with Gasteiger partial charge in [0.15, 0.2) is 0 Å². The molecule has 0 radical (unpaired) electrons. The fraction of sp³-hybridized carbons (Fsp3) is 0.579. The molecule has 8 nitrogen and oxygen atoms in total. The summed E-state index contributed by atoms with van der Waals surface area (Å²) in [5.41, 5.74) is 0.990. The van der Waals surface area contributed by atoms with Crippen molar-refractivity contribution in [1.29, 1.82) is 0 Å². The van der Waals surface area contributed by atoms with Crippen LogP contribution < -0.4 is 10.2 Å². The van der Waals surface area contributed by atoms with Crippen LogP contribution in [0.4, 0.5) is 10.5 Å². The maximum absolute atomic E-state index is 12.0. The molecule has 0 heterocycles. The Morgan fingerprint density at radius 3 is 2.11 bits per heavy atom. The molecule has 1 aromatic rings. The number of carbonyl (C=O) groups excluding carboxylic acids is 2. The largest absolute Gasteiger partial charge is 0.467 e. The molecule has 152 valence electrons. The molecular weight excluding hydrogens is 352 g/mol. The van der Waals surface area contributed by atoms with Crippen molar-refractivity contribution in [2.24, 2.45) is 0 Å². The van der Waals surface area contributed by atoms with Crippen molar-refractivity contribution >= 4 is 17.7 Å². The molecule has 1 amide bonds. The summed E-state index contributed by atoms with van der Waals surface area (Å²) < 4.78 is 9.96. The molecule has 27 heavy (non-hydrogen) atoms. The predicted molar refractivity (Wildman–Crippen MR) is 102 cm³/mol. The van der Waals surface area contributed by atoms with Crippen LogP contribution in [0, 0.1) is 0 Å². The van der Waals surface area contributed by atoms with E-state index in [9.17, 15) is 9.59 Å². The average Bonchev–Trinajstić information content (AvgIpc) is 2.59. The lowest BCUT2D eigenvalue weighted by Gasteiger charge is -2.24. The Morgan fingerprint density at radius 2 is 1.67 bits per heavy atom. The van der Waals surface area contributed by atoms with Gasteiger partial charge in [-0.3, -0.25) is 0 Å². The number of ether oxygens (including phenoxy) is 2. The third kappa shape index (κ3) is 8.27. The highest BCUT2D eigenvalue weighted by molar-refractivity contribution is 5.81. The van der Waals surface area contributed by atoms with Crippen molar-refractivity contribution in [1.82, 2.24) is 5.32 Å². The summed E-state index contributed by atoms with van der Waals surface area (Å²) in [6.07, 6.45) is -0.446. The van der Waals surface area contributed by atoms with Crippen LogP contribution in [0.3, 0.4) is 0 Å². The van der Waals surface area contributed by atoms with Gasteiger partial charge < -0.3 is 29.9 Å². The van der Waals surface area contributed by atoms with E-state index in [0.29, 0.717) is 13.1 Å². The van der Waals surface area contributed by atoms with E-state index in [0.717, 1.165) is 11.3 Å². The molecule has 3 N–H and O–H groups in total. The Morgan fingerprint density at radius 1 is 1.11 bits per heavy atom. The molecule has 8 heteroatoms. The smallest absolute Gasteiger partial charge is 0.408 e. The first-order valence-corrected chi connectivity index (χ1v) is 8.83. The molecule has 0 aliphatic heterocycles. The summed E-state index contributed by atoms with van der Waals surface area (Å²) in [5.74, 6) is -0.563. The van der Waals surface area contributed by atoms with E-state index in [1.807, 2.05) is 29.2 Å². The van der Waals surface area contributed by atoms with Crippen molar-refractivity contribution in [3.05, 3.63) is 29.8 Å². The molecule has 0 spiro atoms. The number of nitrogens with zero attached hydrogens (tertiary/aromatic N) is 1. The zero-order valence-electron chi connectivity index (χ0n) is 16.4. The third-order valence-corrected chi connectivity index (χ3v) is 3.66. The third-order valence-electron chi connectivity index (χ3n) is 3.66. The van der Waals surface area contributed by atoms with E-state index >= 15 is 0 Å². The normalized spacial score (nSPS) is 12.2. The van der Waals surface area contributed by atoms with Gasteiger partial charge in [-0.25, -0.2) is 9.59 Å². The molecule has 0 unspecified atom stereocenters. The molecule has 0 aliphatic rings.